The summed E-state index contributed by atoms with van der Waals surface area (Å²) in [5, 5.41) is 10.7. The second kappa shape index (κ2) is 9.25. The molecule has 5 heteroatoms. The van der Waals surface area contributed by atoms with Crippen LogP contribution in [-0.2, 0) is 4.74 Å². The molecule has 0 amide bonds. The Morgan fingerprint density at radius 1 is 0.962 bits per heavy atom. The lowest BCUT2D eigenvalue weighted by Crippen LogP contribution is -2.29. The number of rotatable bonds is 8. The molecule has 3 atom stereocenters. The molecule has 0 bridgehead atoms. The quantitative estimate of drug-likeness (QED) is 0.722. The van der Waals surface area contributed by atoms with Gasteiger partial charge in [-0.1, -0.05) is 26.0 Å². The van der Waals surface area contributed by atoms with E-state index in [0.29, 0.717) is 17.7 Å². The van der Waals surface area contributed by atoms with Crippen LogP contribution in [0.4, 0.5) is 0 Å². The minimum absolute atomic E-state index is 0.254. The highest BCUT2D eigenvalue weighted by molar-refractivity contribution is 5.89. The molecule has 2 rings (SSSR count). The van der Waals surface area contributed by atoms with Crippen LogP contribution in [0.2, 0.25) is 0 Å². The molecule has 0 spiro atoms. The van der Waals surface area contributed by atoms with E-state index >= 15 is 0 Å². The molecule has 0 aliphatic heterocycles. The first-order chi connectivity index (χ1) is 12.5. The van der Waals surface area contributed by atoms with Crippen molar-refractivity contribution in [2.24, 2.45) is 5.92 Å². The molecular weight excluding hydrogens is 332 g/mol. The van der Waals surface area contributed by atoms with Gasteiger partial charge in [0.15, 0.2) is 0 Å². The molecule has 0 saturated carbocycles. The van der Waals surface area contributed by atoms with Crippen molar-refractivity contribution in [3.05, 3.63) is 59.7 Å². The van der Waals surface area contributed by atoms with Gasteiger partial charge in [-0.15, -0.1) is 0 Å². The maximum absolute atomic E-state index is 12.4. The topological polar surface area (TPSA) is 65.0 Å². The molecule has 5 nitrogen and oxygen atoms in total. The van der Waals surface area contributed by atoms with Crippen LogP contribution >= 0.6 is 0 Å². The Kier molecular flexibility index (Phi) is 7.04. The lowest BCUT2D eigenvalue weighted by molar-refractivity contribution is -0.0154. The Labute approximate surface area is 154 Å². The lowest BCUT2D eigenvalue weighted by Gasteiger charge is -2.27. The normalized spacial score (nSPS) is 14.2. The number of aliphatic hydroxyl groups excluding tert-OH is 1. The van der Waals surface area contributed by atoms with Gasteiger partial charge in [-0.3, -0.25) is 0 Å². The Bertz CT molecular complexity index is 693. The van der Waals surface area contributed by atoms with Crippen molar-refractivity contribution in [3.63, 3.8) is 0 Å². The van der Waals surface area contributed by atoms with Gasteiger partial charge in [0.2, 0.25) is 0 Å². The van der Waals surface area contributed by atoms with E-state index in [2.05, 4.69) is 0 Å². The van der Waals surface area contributed by atoms with Crippen LogP contribution in [0.1, 0.15) is 42.3 Å². The molecule has 140 valence electrons. The maximum atomic E-state index is 12.4. The van der Waals surface area contributed by atoms with E-state index in [-0.39, 0.29) is 5.92 Å². The zero-order valence-electron chi connectivity index (χ0n) is 15.6. The number of hydrogen-bond donors (Lipinski definition) is 1. The second-order valence-corrected chi connectivity index (χ2v) is 6.16. The molecule has 0 unspecified atom stereocenters. The van der Waals surface area contributed by atoms with Gasteiger partial charge in [0.05, 0.1) is 25.9 Å². The Hall–Kier alpha value is -2.53. The summed E-state index contributed by atoms with van der Waals surface area (Å²) in [7, 11) is 3.17. The molecule has 1 N–H and O–H groups in total. The zero-order valence-corrected chi connectivity index (χ0v) is 15.6. The maximum Gasteiger partial charge on any atom is 0.338 e. The third-order valence-electron chi connectivity index (χ3n) is 4.53. The van der Waals surface area contributed by atoms with Crippen LogP contribution in [0.15, 0.2) is 48.5 Å². The summed E-state index contributed by atoms with van der Waals surface area (Å²) < 4.78 is 15.9. The van der Waals surface area contributed by atoms with Crippen LogP contribution in [0.5, 0.6) is 11.5 Å². The SMILES string of the molecule is CC[C@@H](OC(=O)c1ccc(OC)cc1)[C@H](C)[C@H](O)c1ccc(OC)cc1. The van der Waals surface area contributed by atoms with Crippen molar-refractivity contribution in [1.82, 2.24) is 0 Å². The van der Waals surface area contributed by atoms with Crippen molar-refractivity contribution in [2.75, 3.05) is 14.2 Å². The van der Waals surface area contributed by atoms with Gasteiger partial charge < -0.3 is 19.3 Å². The molecule has 2 aromatic carbocycles. The number of benzene rings is 2. The third-order valence-corrected chi connectivity index (χ3v) is 4.53. The van der Waals surface area contributed by atoms with Crippen LogP contribution < -0.4 is 9.47 Å². The van der Waals surface area contributed by atoms with E-state index < -0.39 is 18.2 Å². The van der Waals surface area contributed by atoms with Gasteiger partial charge in [0.1, 0.15) is 17.6 Å². The van der Waals surface area contributed by atoms with Crippen LogP contribution in [0, 0.1) is 5.92 Å². The summed E-state index contributed by atoms with van der Waals surface area (Å²) in [5.74, 6) is 0.743. The van der Waals surface area contributed by atoms with Crippen LogP contribution in [0.25, 0.3) is 0 Å². The van der Waals surface area contributed by atoms with E-state index in [1.165, 1.54) is 0 Å². The van der Waals surface area contributed by atoms with Gasteiger partial charge in [-0.2, -0.15) is 0 Å². The highest BCUT2D eigenvalue weighted by Crippen LogP contribution is 2.29. The Balaban J connectivity index is 2.06. The highest BCUT2D eigenvalue weighted by atomic mass is 16.5. The number of carbonyl (C=O) groups is 1. The van der Waals surface area contributed by atoms with Crippen molar-refractivity contribution in [3.8, 4) is 11.5 Å². The summed E-state index contributed by atoms with van der Waals surface area (Å²) in [4.78, 5) is 12.4. The molecule has 0 saturated heterocycles. The molecule has 0 fully saturated rings. The molecule has 0 heterocycles. The van der Waals surface area contributed by atoms with Crippen molar-refractivity contribution in [2.45, 2.75) is 32.5 Å². The average molecular weight is 358 g/mol. The van der Waals surface area contributed by atoms with Crippen LogP contribution in [-0.4, -0.2) is 31.4 Å². The van der Waals surface area contributed by atoms with E-state index in [1.54, 1.807) is 50.6 Å². The number of hydrogen-bond acceptors (Lipinski definition) is 5. The first-order valence-corrected chi connectivity index (χ1v) is 8.67. The number of carbonyl (C=O) groups excluding carboxylic acids is 1. The van der Waals surface area contributed by atoms with Gasteiger partial charge in [0.25, 0.3) is 0 Å². The molecule has 26 heavy (non-hydrogen) atoms. The average Bonchev–Trinajstić information content (AvgIpc) is 2.70. The minimum atomic E-state index is -0.741. The Morgan fingerprint density at radius 3 is 1.92 bits per heavy atom. The highest BCUT2D eigenvalue weighted by Gasteiger charge is 2.27. The molecule has 2 aromatic rings. The standard InChI is InChI=1S/C21H26O5/c1-5-19(26-21(23)16-8-12-18(25-4)13-9-16)14(2)20(22)15-6-10-17(24-3)11-7-15/h6-14,19-20,22H,5H2,1-4H3/t14-,19+,20-/m0/s1. The predicted molar refractivity (Wildman–Crippen MR) is 99.6 cm³/mol. The van der Waals surface area contributed by atoms with Crippen LogP contribution in [0.3, 0.4) is 0 Å². The monoisotopic (exact) mass is 358 g/mol. The first kappa shape index (κ1) is 19.8. The fraction of sp³-hybridized carbons (Fsp3) is 0.381. The molecule has 0 aliphatic rings. The van der Waals surface area contributed by atoms with E-state index in [4.69, 9.17) is 14.2 Å². The first-order valence-electron chi connectivity index (χ1n) is 8.67. The summed E-state index contributed by atoms with van der Waals surface area (Å²) in [6, 6.07) is 14.0. The van der Waals surface area contributed by atoms with Crippen molar-refractivity contribution < 1.29 is 24.1 Å². The molecular formula is C21H26O5. The predicted octanol–water partition coefficient (Wildman–Crippen LogP) is 4.01. The van der Waals surface area contributed by atoms with Crippen molar-refractivity contribution in [1.29, 1.82) is 0 Å². The smallest absolute Gasteiger partial charge is 0.338 e. The minimum Gasteiger partial charge on any atom is -0.497 e. The third kappa shape index (κ3) is 4.76. The lowest BCUT2D eigenvalue weighted by atomic mass is 9.91. The Morgan fingerprint density at radius 2 is 1.46 bits per heavy atom. The van der Waals surface area contributed by atoms with E-state index in [0.717, 1.165) is 11.3 Å². The molecule has 0 aromatic heterocycles. The number of ether oxygens (including phenoxy) is 3. The number of aliphatic hydroxyl groups is 1. The summed E-state index contributed by atoms with van der Waals surface area (Å²) in [6.07, 6.45) is -0.535. The van der Waals surface area contributed by atoms with Gasteiger partial charge in [-0.25, -0.2) is 4.79 Å². The van der Waals surface area contributed by atoms with Gasteiger partial charge in [-0.05, 0) is 48.4 Å². The number of esters is 1. The molecule has 0 aliphatic carbocycles. The fourth-order valence-electron chi connectivity index (χ4n) is 2.80. The van der Waals surface area contributed by atoms with Gasteiger partial charge in [0, 0.05) is 5.92 Å². The summed E-state index contributed by atoms with van der Waals surface area (Å²) in [6.45, 7) is 3.81. The van der Waals surface area contributed by atoms with Gasteiger partial charge >= 0.3 is 5.97 Å². The van der Waals surface area contributed by atoms with E-state index in [9.17, 15) is 9.90 Å². The number of methoxy groups -OCH3 is 2. The van der Waals surface area contributed by atoms with Crippen molar-refractivity contribution >= 4 is 5.97 Å². The largest absolute Gasteiger partial charge is 0.497 e. The zero-order chi connectivity index (χ0) is 19.1. The molecule has 0 radical (unpaired) electrons. The summed E-state index contributed by atoms with van der Waals surface area (Å²) in [5.41, 5.74) is 1.22. The second-order valence-electron chi connectivity index (χ2n) is 6.16. The summed E-state index contributed by atoms with van der Waals surface area (Å²) >= 11 is 0. The van der Waals surface area contributed by atoms with E-state index in [1.807, 2.05) is 26.0 Å². The fourth-order valence-corrected chi connectivity index (χ4v) is 2.80.